The summed E-state index contributed by atoms with van der Waals surface area (Å²) in [6.07, 6.45) is 1.53. The quantitative estimate of drug-likeness (QED) is 0.255. The molecule has 0 saturated heterocycles. The zero-order chi connectivity index (χ0) is 22.7. The number of nitrogens with zero attached hydrogens (tertiary/aromatic N) is 3. The molecule has 6 nitrogen and oxygen atoms in total. The Morgan fingerprint density at radius 2 is 2.00 bits per heavy atom. The fourth-order valence-corrected chi connectivity index (χ4v) is 4.62. The minimum atomic E-state index is -0.511. The molecule has 2 aromatic carbocycles. The third-order valence-corrected chi connectivity index (χ3v) is 6.39. The number of hydrogen-bond acceptors (Lipinski definition) is 6. The highest BCUT2D eigenvalue weighted by Crippen LogP contribution is 2.37. The third kappa shape index (κ3) is 4.70. The number of allylic oxidation sites excluding steroid dienone is 1. The first-order chi connectivity index (χ1) is 15.5. The molecule has 32 heavy (non-hydrogen) atoms. The first kappa shape index (κ1) is 22.5. The van der Waals surface area contributed by atoms with Gasteiger partial charge in [0.15, 0.2) is 0 Å². The molecule has 0 aliphatic carbocycles. The molecular formula is C23H20Cl2N4O2S. The second-order valence-electron chi connectivity index (χ2n) is 7.05. The lowest BCUT2D eigenvalue weighted by atomic mass is 9.96. The molecule has 1 atom stereocenters. The van der Waals surface area contributed by atoms with Gasteiger partial charge in [-0.25, -0.2) is 9.48 Å². The summed E-state index contributed by atoms with van der Waals surface area (Å²) in [4.78, 5) is 17.5. The van der Waals surface area contributed by atoms with E-state index in [-0.39, 0.29) is 6.61 Å². The van der Waals surface area contributed by atoms with Gasteiger partial charge in [0.25, 0.3) is 0 Å². The van der Waals surface area contributed by atoms with Crippen LogP contribution in [0.25, 0.3) is 0 Å². The van der Waals surface area contributed by atoms with Gasteiger partial charge < -0.3 is 10.1 Å². The summed E-state index contributed by atoms with van der Waals surface area (Å²) < 4.78 is 7.06. The number of fused-ring (bicyclic) bond motifs is 1. The molecule has 1 aliphatic rings. The van der Waals surface area contributed by atoms with Crippen LogP contribution < -0.4 is 5.32 Å². The van der Waals surface area contributed by atoms with Crippen molar-refractivity contribution in [2.75, 3.05) is 11.9 Å². The van der Waals surface area contributed by atoms with Crippen molar-refractivity contribution in [3.63, 3.8) is 0 Å². The molecule has 0 unspecified atom stereocenters. The summed E-state index contributed by atoms with van der Waals surface area (Å²) in [5, 5.41) is 9.75. The lowest BCUT2D eigenvalue weighted by Crippen LogP contribution is -2.29. The first-order valence-corrected chi connectivity index (χ1v) is 11.6. The van der Waals surface area contributed by atoms with Crippen LogP contribution in [-0.2, 0) is 15.3 Å². The molecule has 0 spiro atoms. The molecule has 0 bridgehead atoms. The van der Waals surface area contributed by atoms with Gasteiger partial charge in [0.05, 0.1) is 5.57 Å². The standard InChI is InChI=1S/C23H20Cl2N4O2S/c1-3-12-31-21(30)19-14(2)26-22-27-23(32-13-16-6-4-5-7-18(16)25)28-29(22)20(19)15-8-10-17(24)11-9-15/h3-11,20H,1,12-13H2,2H3,(H,26,27,28)/t20-/m1/s1. The molecule has 2 heterocycles. The van der Waals surface area contributed by atoms with Crippen molar-refractivity contribution in [2.24, 2.45) is 0 Å². The van der Waals surface area contributed by atoms with Crippen molar-refractivity contribution in [3.05, 3.63) is 93.6 Å². The summed E-state index contributed by atoms with van der Waals surface area (Å²) in [5.41, 5.74) is 2.95. The second kappa shape index (κ2) is 9.81. The van der Waals surface area contributed by atoms with Gasteiger partial charge in [-0.2, -0.15) is 4.98 Å². The summed E-state index contributed by atoms with van der Waals surface area (Å²) in [6, 6.07) is 14.5. The minimum absolute atomic E-state index is 0.117. The van der Waals surface area contributed by atoms with Crippen molar-refractivity contribution >= 4 is 46.9 Å². The van der Waals surface area contributed by atoms with Crippen LogP contribution in [0.2, 0.25) is 10.0 Å². The highest BCUT2D eigenvalue weighted by atomic mass is 35.5. The van der Waals surface area contributed by atoms with Crippen LogP contribution in [0.5, 0.6) is 0 Å². The number of anilines is 1. The summed E-state index contributed by atoms with van der Waals surface area (Å²) in [7, 11) is 0. The molecule has 1 aromatic heterocycles. The number of halogens is 2. The van der Waals surface area contributed by atoms with Crippen molar-refractivity contribution in [2.45, 2.75) is 23.9 Å². The Labute approximate surface area is 200 Å². The van der Waals surface area contributed by atoms with Crippen molar-refractivity contribution in [1.29, 1.82) is 0 Å². The Kier molecular flexibility index (Phi) is 6.89. The molecule has 0 amide bonds. The van der Waals surface area contributed by atoms with Gasteiger partial charge >= 0.3 is 5.97 Å². The fraction of sp³-hybridized carbons (Fsp3) is 0.174. The number of nitrogens with one attached hydrogen (secondary N) is 1. The van der Waals surface area contributed by atoms with E-state index in [0.29, 0.717) is 38.2 Å². The molecule has 9 heteroatoms. The van der Waals surface area contributed by atoms with E-state index in [1.165, 1.54) is 17.8 Å². The number of benzene rings is 2. The minimum Gasteiger partial charge on any atom is -0.458 e. The summed E-state index contributed by atoms with van der Waals surface area (Å²) in [5.74, 6) is 0.723. The number of thioether (sulfide) groups is 1. The fourth-order valence-electron chi connectivity index (χ4n) is 3.38. The smallest absolute Gasteiger partial charge is 0.338 e. The van der Waals surface area contributed by atoms with Gasteiger partial charge in [0, 0.05) is 21.5 Å². The van der Waals surface area contributed by atoms with E-state index in [4.69, 9.17) is 33.0 Å². The van der Waals surface area contributed by atoms with Gasteiger partial charge in [-0.3, -0.25) is 0 Å². The highest BCUT2D eigenvalue weighted by molar-refractivity contribution is 7.98. The largest absolute Gasteiger partial charge is 0.458 e. The maximum Gasteiger partial charge on any atom is 0.338 e. The zero-order valence-corrected chi connectivity index (χ0v) is 19.5. The van der Waals surface area contributed by atoms with Crippen LogP contribution in [0.3, 0.4) is 0 Å². The number of carbonyl (C=O) groups excluding carboxylic acids is 1. The zero-order valence-electron chi connectivity index (χ0n) is 17.2. The predicted molar refractivity (Wildman–Crippen MR) is 128 cm³/mol. The van der Waals surface area contributed by atoms with Crippen LogP contribution >= 0.6 is 35.0 Å². The number of rotatable bonds is 7. The maximum atomic E-state index is 12.9. The lowest BCUT2D eigenvalue weighted by molar-refractivity contribution is -0.138. The predicted octanol–water partition coefficient (Wildman–Crippen LogP) is 5.90. The Morgan fingerprint density at radius 3 is 2.72 bits per heavy atom. The lowest BCUT2D eigenvalue weighted by Gasteiger charge is -2.28. The Bertz CT molecular complexity index is 1190. The van der Waals surface area contributed by atoms with Gasteiger partial charge in [-0.05, 0) is 36.2 Å². The van der Waals surface area contributed by atoms with E-state index in [2.05, 4.69) is 16.9 Å². The average molecular weight is 487 g/mol. The van der Waals surface area contributed by atoms with Gasteiger partial charge in [0.2, 0.25) is 11.1 Å². The highest BCUT2D eigenvalue weighted by Gasteiger charge is 2.35. The van der Waals surface area contributed by atoms with E-state index < -0.39 is 12.0 Å². The van der Waals surface area contributed by atoms with Crippen molar-refractivity contribution in [3.8, 4) is 0 Å². The van der Waals surface area contributed by atoms with Crippen LogP contribution in [0.4, 0.5) is 5.95 Å². The average Bonchev–Trinajstić information content (AvgIpc) is 3.19. The molecule has 0 saturated carbocycles. The molecule has 4 rings (SSSR count). The molecule has 0 fully saturated rings. The van der Waals surface area contributed by atoms with Gasteiger partial charge in [-0.15, -0.1) is 5.10 Å². The topological polar surface area (TPSA) is 69.0 Å². The molecule has 0 radical (unpaired) electrons. The molecule has 1 N–H and O–H groups in total. The summed E-state index contributed by atoms with van der Waals surface area (Å²) >= 11 is 13.8. The van der Waals surface area contributed by atoms with E-state index in [0.717, 1.165) is 11.1 Å². The van der Waals surface area contributed by atoms with Crippen molar-refractivity contribution < 1.29 is 9.53 Å². The Hall–Kier alpha value is -2.74. The van der Waals surface area contributed by atoms with Crippen LogP contribution in [-0.4, -0.2) is 27.3 Å². The maximum absolute atomic E-state index is 12.9. The number of aromatic nitrogens is 3. The number of ether oxygens (including phenoxy) is 1. The monoisotopic (exact) mass is 486 g/mol. The number of esters is 1. The normalized spacial score (nSPS) is 15.2. The third-order valence-electron chi connectivity index (χ3n) is 4.89. The number of hydrogen-bond donors (Lipinski definition) is 1. The van der Waals surface area contributed by atoms with E-state index in [1.54, 1.807) is 16.8 Å². The second-order valence-corrected chi connectivity index (χ2v) is 8.83. The van der Waals surface area contributed by atoms with Crippen molar-refractivity contribution in [1.82, 2.24) is 14.8 Å². The SMILES string of the molecule is C=CCOC(=O)C1=C(C)Nc2nc(SCc3ccccc3Cl)nn2[C@@H]1c1ccc(Cl)cc1. The van der Waals surface area contributed by atoms with E-state index >= 15 is 0 Å². The molecule has 164 valence electrons. The molecular weight excluding hydrogens is 467 g/mol. The van der Waals surface area contributed by atoms with Gasteiger partial charge in [0.1, 0.15) is 12.6 Å². The molecule has 1 aliphatic heterocycles. The van der Waals surface area contributed by atoms with E-state index in [1.807, 2.05) is 43.3 Å². The van der Waals surface area contributed by atoms with E-state index in [9.17, 15) is 4.79 Å². The Balaban J connectivity index is 1.69. The Morgan fingerprint density at radius 1 is 1.25 bits per heavy atom. The summed E-state index contributed by atoms with van der Waals surface area (Å²) in [6.45, 7) is 5.55. The van der Waals surface area contributed by atoms with Gasteiger partial charge in [-0.1, -0.05) is 78.0 Å². The van der Waals surface area contributed by atoms with Crippen LogP contribution in [0, 0.1) is 0 Å². The first-order valence-electron chi connectivity index (χ1n) is 9.82. The molecule has 3 aromatic rings. The number of carbonyl (C=O) groups is 1. The van der Waals surface area contributed by atoms with Crippen LogP contribution in [0.1, 0.15) is 24.1 Å². The van der Waals surface area contributed by atoms with Crippen LogP contribution in [0.15, 0.2) is 77.6 Å².